The van der Waals surface area contributed by atoms with Gasteiger partial charge in [-0.2, -0.15) is 0 Å². The fraction of sp³-hybridized carbons (Fsp3) is 0.0667. The maximum absolute atomic E-state index is 13.9. The maximum Gasteiger partial charge on any atom is 0.267 e. The third-order valence-electron chi connectivity index (χ3n) is 9.07. The summed E-state index contributed by atoms with van der Waals surface area (Å²) in [7, 11) is -3.75. The number of nitrogens with zero attached hydrogens (tertiary/aromatic N) is 2. The van der Waals surface area contributed by atoms with Gasteiger partial charge in [-0.1, -0.05) is 60.7 Å². The summed E-state index contributed by atoms with van der Waals surface area (Å²) in [5.74, 6) is -3.92. The van der Waals surface area contributed by atoms with Crippen molar-refractivity contribution in [1.29, 1.82) is 0 Å². The Morgan fingerprint density at radius 2 is 0.951 bits per heavy atom. The Labute approximate surface area is 353 Å². The zero-order chi connectivity index (χ0) is 43.9. The van der Waals surface area contributed by atoms with Crippen LogP contribution in [0, 0.1) is 37.1 Å². The molecule has 0 unspecified atom stereocenters. The van der Waals surface area contributed by atoms with Crippen LogP contribution in [-0.4, -0.2) is 26.8 Å². The van der Waals surface area contributed by atoms with E-state index in [1.54, 1.807) is 42.9 Å². The summed E-state index contributed by atoms with van der Waals surface area (Å²) in [6.07, 6.45) is 6.31. The van der Waals surface area contributed by atoms with Gasteiger partial charge >= 0.3 is 0 Å². The monoisotopic (exact) mass is 887 g/mol. The van der Waals surface area contributed by atoms with E-state index < -0.39 is 57.7 Å². The van der Waals surface area contributed by atoms with E-state index in [-0.39, 0.29) is 0 Å². The minimum absolute atomic E-state index is 0.433. The molecule has 8 aromatic rings. The van der Waals surface area contributed by atoms with E-state index in [2.05, 4.69) is 29.0 Å². The van der Waals surface area contributed by atoms with Gasteiger partial charge in [0.25, 0.3) is 9.05 Å². The number of anilines is 1. The molecule has 0 amide bonds. The van der Waals surface area contributed by atoms with Gasteiger partial charge in [-0.3, -0.25) is 0 Å². The van der Waals surface area contributed by atoms with Crippen LogP contribution >= 0.6 is 10.7 Å². The molecule has 0 fully saturated rings. The summed E-state index contributed by atoms with van der Waals surface area (Å²) in [4.78, 5) is 6.33. The SMILES string of the molecule is Cc1ccc(-c2ncco2)cc1-c1ccc(CS(=O)(=O)c2c(F)cccc2F)cc1.Cc1ccc(-c2ncco2)cc1-c1ccc(N)cc1.O=S(=O)(Cl)c1c(F)cccc1F. The molecular formula is C45H34ClF4N3O6S2. The number of aryl methyl sites for hydroxylation is 2. The van der Waals surface area contributed by atoms with Crippen LogP contribution in [0.4, 0.5) is 23.2 Å². The Morgan fingerprint density at radius 1 is 0.557 bits per heavy atom. The van der Waals surface area contributed by atoms with Gasteiger partial charge in [0.2, 0.25) is 11.8 Å². The first-order valence-corrected chi connectivity index (χ1v) is 22.0. The molecule has 8 rings (SSSR count). The number of aromatic nitrogens is 2. The molecule has 312 valence electrons. The Bertz CT molecular complexity index is 2960. The quantitative estimate of drug-likeness (QED) is 0.0894. The molecule has 0 bridgehead atoms. The Balaban J connectivity index is 0.000000171. The van der Waals surface area contributed by atoms with E-state index >= 15 is 0 Å². The average Bonchev–Trinajstić information content (AvgIpc) is 3.95. The lowest BCUT2D eigenvalue weighted by Gasteiger charge is -2.10. The van der Waals surface area contributed by atoms with Crippen LogP contribution in [0.15, 0.2) is 165 Å². The number of rotatable bonds is 8. The Hall–Kier alpha value is -6.55. The minimum Gasteiger partial charge on any atom is -0.445 e. The third kappa shape index (κ3) is 10.8. The molecule has 0 aliphatic carbocycles. The van der Waals surface area contributed by atoms with Gasteiger partial charge in [0, 0.05) is 27.5 Å². The van der Waals surface area contributed by atoms with E-state index in [0.717, 1.165) is 81.0 Å². The minimum atomic E-state index is -4.34. The molecule has 6 aromatic carbocycles. The fourth-order valence-electron chi connectivity index (χ4n) is 6.09. The number of benzene rings is 6. The molecule has 0 atom stereocenters. The fourth-order valence-corrected chi connectivity index (χ4v) is 8.64. The molecule has 0 aliphatic heterocycles. The molecule has 16 heteroatoms. The molecule has 2 heterocycles. The van der Waals surface area contributed by atoms with E-state index in [1.165, 1.54) is 11.8 Å². The topological polar surface area (TPSA) is 146 Å². The molecule has 2 N–H and O–H groups in total. The lowest BCUT2D eigenvalue weighted by molar-refractivity contribution is 0.518. The standard InChI is InChI=1S/C23H17F2NO3S.C16H14N2O.C6H3ClF2O2S/c1-15-5-8-18(23-26-11-12-29-23)13-19(15)17-9-6-16(7-10-17)14-30(27,28)22-20(24)3-2-4-21(22)25;1-11-2-3-13(16-18-8-9-19-16)10-15(11)12-4-6-14(17)7-5-12;7-12(10,11)6-4(8)2-1-3-5(6)9/h2-13H,14H2,1H3;2-10H,17H2,1H3;1-3H. The first-order chi connectivity index (χ1) is 29.0. The van der Waals surface area contributed by atoms with Crippen LogP contribution in [0.5, 0.6) is 0 Å². The van der Waals surface area contributed by atoms with Crippen molar-refractivity contribution < 1.29 is 43.2 Å². The highest BCUT2D eigenvalue weighted by Crippen LogP contribution is 2.31. The lowest BCUT2D eigenvalue weighted by atomic mass is 9.97. The van der Waals surface area contributed by atoms with Gasteiger partial charge in [-0.25, -0.2) is 44.4 Å². The average molecular weight is 888 g/mol. The van der Waals surface area contributed by atoms with Gasteiger partial charge in [0.05, 0.1) is 18.1 Å². The first-order valence-electron chi connectivity index (χ1n) is 18.0. The van der Waals surface area contributed by atoms with Crippen molar-refractivity contribution in [2.75, 3.05) is 5.73 Å². The van der Waals surface area contributed by atoms with E-state index in [1.807, 2.05) is 55.5 Å². The Kier molecular flexibility index (Phi) is 13.6. The van der Waals surface area contributed by atoms with E-state index in [4.69, 9.17) is 25.3 Å². The molecule has 9 nitrogen and oxygen atoms in total. The van der Waals surface area contributed by atoms with Crippen LogP contribution in [0.3, 0.4) is 0 Å². The molecule has 2 aromatic heterocycles. The zero-order valence-electron chi connectivity index (χ0n) is 32.2. The van der Waals surface area contributed by atoms with E-state index in [9.17, 15) is 34.4 Å². The first kappa shape index (κ1) is 44.0. The van der Waals surface area contributed by atoms with Crippen molar-refractivity contribution in [3.63, 3.8) is 0 Å². The van der Waals surface area contributed by atoms with Gasteiger partial charge in [0.15, 0.2) is 14.7 Å². The van der Waals surface area contributed by atoms with Gasteiger partial charge in [-0.05, 0) is 113 Å². The van der Waals surface area contributed by atoms with Gasteiger partial charge in [0.1, 0.15) is 40.7 Å². The van der Waals surface area contributed by atoms with Crippen LogP contribution in [0.25, 0.3) is 45.2 Å². The summed E-state index contributed by atoms with van der Waals surface area (Å²) in [5.41, 5.74) is 15.1. The summed E-state index contributed by atoms with van der Waals surface area (Å²) in [5, 5.41) is 0. The predicted molar refractivity (Wildman–Crippen MR) is 225 cm³/mol. The second kappa shape index (κ2) is 18.8. The lowest BCUT2D eigenvalue weighted by Crippen LogP contribution is -2.09. The van der Waals surface area contributed by atoms with Crippen LogP contribution in [-0.2, 0) is 24.6 Å². The van der Waals surface area contributed by atoms with Crippen molar-refractivity contribution in [3.05, 3.63) is 186 Å². The summed E-state index contributed by atoms with van der Waals surface area (Å²) in [6.45, 7) is 4.05. The van der Waals surface area contributed by atoms with Crippen molar-refractivity contribution in [1.82, 2.24) is 9.97 Å². The van der Waals surface area contributed by atoms with E-state index in [0.29, 0.717) is 17.3 Å². The predicted octanol–water partition coefficient (Wildman–Crippen LogP) is 11.4. The number of hydrogen-bond acceptors (Lipinski definition) is 9. The molecule has 0 saturated heterocycles. The highest BCUT2D eigenvalue weighted by atomic mass is 35.7. The summed E-state index contributed by atoms with van der Waals surface area (Å²) < 4.78 is 110. The largest absolute Gasteiger partial charge is 0.445 e. The Morgan fingerprint density at radius 3 is 1.33 bits per heavy atom. The molecule has 0 spiro atoms. The second-order valence-electron chi connectivity index (χ2n) is 13.4. The highest BCUT2D eigenvalue weighted by Gasteiger charge is 2.24. The molecule has 0 radical (unpaired) electrons. The molecular weight excluding hydrogens is 854 g/mol. The van der Waals surface area contributed by atoms with Crippen LogP contribution in [0.2, 0.25) is 0 Å². The van der Waals surface area contributed by atoms with Gasteiger partial charge in [-0.15, -0.1) is 0 Å². The number of oxazole rings is 2. The third-order valence-corrected chi connectivity index (χ3v) is 12.1. The number of nitrogen functional groups attached to an aromatic ring is 1. The van der Waals surface area contributed by atoms with Crippen molar-refractivity contribution in [2.24, 2.45) is 0 Å². The van der Waals surface area contributed by atoms with Crippen molar-refractivity contribution in [2.45, 2.75) is 29.4 Å². The van der Waals surface area contributed by atoms with Crippen molar-refractivity contribution in [3.8, 4) is 45.2 Å². The molecule has 61 heavy (non-hydrogen) atoms. The highest BCUT2D eigenvalue weighted by molar-refractivity contribution is 8.13. The number of nitrogens with two attached hydrogens (primary N) is 1. The number of sulfone groups is 1. The molecule has 0 aliphatic rings. The van der Waals surface area contributed by atoms with Crippen molar-refractivity contribution >= 4 is 35.3 Å². The summed E-state index contributed by atoms with van der Waals surface area (Å²) >= 11 is 0. The number of hydrogen-bond donors (Lipinski definition) is 1. The smallest absolute Gasteiger partial charge is 0.267 e. The molecule has 0 saturated carbocycles. The summed E-state index contributed by atoms with van der Waals surface area (Å²) in [6, 6.07) is 32.4. The second-order valence-corrected chi connectivity index (χ2v) is 17.8. The van der Waals surface area contributed by atoms with Gasteiger partial charge < -0.3 is 14.6 Å². The zero-order valence-corrected chi connectivity index (χ0v) is 34.6. The maximum atomic E-state index is 13.9. The normalized spacial score (nSPS) is 11.3. The van der Waals surface area contributed by atoms with Crippen LogP contribution < -0.4 is 5.73 Å². The number of halogens is 5. The van der Waals surface area contributed by atoms with Crippen LogP contribution in [0.1, 0.15) is 16.7 Å².